The van der Waals surface area contributed by atoms with Crippen molar-refractivity contribution in [2.75, 3.05) is 5.75 Å². The van der Waals surface area contributed by atoms with Crippen molar-refractivity contribution in [2.45, 2.75) is 17.9 Å². The van der Waals surface area contributed by atoms with Crippen molar-refractivity contribution in [3.05, 3.63) is 64.9 Å². The molecule has 4 nitrogen and oxygen atoms in total. The predicted octanol–water partition coefficient (Wildman–Crippen LogP) is 2.96. The zero-order valence-corrected chi connectivity index (χ0v) is 13.7. The second-order valence-corrected chi connectivity index (χ2v) is 7.48. The number of hydrogen-bond acceptors (Lipinski definition) is 3. The molecule has 2 aromatic carbocycles. The lowest BCUT2D eigenvalue weighted by atomic mass is 10.2. The molecular formula is C16H15ClFNO3S. The van der Waals surface area contributed by atoms with Crippen molar-refractivity contribution >= 4 is 27.3 Å². The summed E-state index contributed by atoms with van der Waals surface area (Å²) >= 11 is 5.77. The largest absolute Gasteiger partial charge is 0.352 e. The van der Waals surface area contributed by atoms with Crippen LogP contribution in [0.1, 0.15) is 12.0 Å². The summed E-state index contributed by atoms with van der Waals surface area (Å²) in [6.07, 6.45) is -0.157. The molecule has 2 aromatic rings. The maximum absolute atomic E-state index is 12.8. The molecule has 7 heteroatoms. The quantitative estimate of drug-likeness (QED) is 0.866. The second kappa shape index (κ2) is 7.57. The predicted molar refractivity (Wildman–Crippen MR) is 86.4 cm³/mol. The number of carbonyl (C=O) groups excluding carboxylic acids is 1. The van der Waals surface area contributed by atoms with Gasteiger partial charge in [0.15, 0.2) is 9.84 Å². The van der Waals surface area contributed by atoms with Crippen molar-refractivity contribution in [1.82, 2.24) is 5.32 Å². The third kappa shape index (κ3) is 5.33. The van der Waals surface area contributed by atoms with Gasteiger partial charge in [0.2, 0.25) is 5.91 Å². The minimum absolute atomic E-state index is 0.0938. The van der Waals surface area contributed by atoms with Crippen LogP contribution in [0.4, 0.5) is 4.39 Å². The summed E-state index contributed by atoms with van der Waals surface area (Å²) in [5.74, 6) is -1.05. The molecule has 0 atom stereocenters. The first-order chi connectivity index (χ1) is 10.9. The topological polar surface area (TPSA) is 63.2 Å². The molecule has 1 amide bonds. The van der Waals surface area contributed by atoms with Gasteiger partial charge in [0.1, 0.15) is 5.82 Å². The van der Waals surface area contributed by atoms with Gasteiger partial charge in [0.25, 0.3) is 0 Å². The summed E-state index contributed by atoms with van der Waals surface area (Å²) < 4.78 is 37.0. The Balaban J connectivity index is 1.87. The first-order valence-corrected chi connectivity index (χ1v) is 8.89. The van der Waals surface area contributed by atoms with Gasteiger partial charge < -0.3 is 5.32 Å². The van der Waals surface area contributed by atoms with E-state index in [2.05, 4.69) is 5.32 Å². The first kappa shape index (κ1) is 17.4. The van der Waals surface area contributed by atoms with E-state index < -0.39 is 9.84 Å². The monoisotopic (exact) mass is 355 g/mol. The molecule has 1 N–H and O–H groups in total. The fraction of sp³-hybridized carbons (Fsp3) is 0.188. The molecule has 122 valence electrons. The number of benzene rings is 2. The summed E-state index contributed by atoms with van der Waals surface area (Å²) in [4.78, 5) is 11.8. The summed E-state index contributed by atoms with van der Waals surface area (Å²) in [7, 11) is -3.56. The van der Waals surface area contributed by atoms with E-state index in [0.717, 1.165) is 5.56 Å². The molecule has 0 aliphatic rings. The molecule has 2 rings (SSSR count). The van der Waals surface area contributed by atoms with E-state index in [1.807, 2.05) is 0 Å². The molecule has 0 aliphatic heterocycles. The second-order valence-electron chi connectivity index (χ2n) is 4.93. The maximum Gasteiger partial charge on any atom is 0.221 e. The minimum atomic E-state index is -3.56. The van der Waals surface area contributed by atoms with Gasteiger partial charge >= 0.3 is 0 Å². The Morgan fingerprint density at radius 3 is 2.48 bits per heavy atom. The first-order valence-electron chi connectivity index (χ1n) is 6.86. The van der Waals surface area contributed by atoms with Gasteiger partial charge in [0, 0.05) is 18.0 Å². The number of hydrogen-bond donors (Lipinski definition) is 1. The number of nitrogens with one attached hydrogen (secondary N) is 1. The Morgan fingerprint density at radius 2 is 1.83 bits per heavy atom. The number of amides is 1. The van der Waals surface area contributed by atoms with E-state index in [9.17, 15) is 17.6 Å². The van der Waals surface area contributed by atoms with Crippen LogP contribution < -0.4 is 5.32 Å². The Kier molecular flexibility index (Phi) is 5.74. The molecule has 23 heavy (non-hydrogen) atoms. The van der Waals surface area contributed by atoms with E-state index in [1.54, 1.807) is 24.3 Å². The van der Waals surface area contributed by atoms with Crippen molar-refractivity contribution in [1.29, 1.82) is 0 Å². The third-order valence-corrected chi connectivity index (χ3v) is 5.10. The molecule has 0 spiro atoms. The van der Waals surface area contributed by atoms with Gasteiger partial charge in [0.05, 0.1) is 10.6 Å². The van der Waals surface area contributed by atoms with Crippen LogP contribution in [0.3, 0.4) is 0 Å². The maximum atomic E-state index is 12.8. The average molecular weight is 356 g/mol. The summed E-state index contributed by atoms with van der Waals surface area (Å²) in [6.45, 7) is 0.219. The van der Waals surface area contributed by atoms with Crippen LogP contribution in [-0.2, 0) is 21.2 Å². The van der Waals surface area contributed by atoms with Crippen molar-refractivity contribution in [2.24, 2.45) is 0 Å². The van der Waals surface area contributed by atoms with Crippen LogP contribution in [0.2, 0.25) is 5.02 Å². The highest BCUT2D eigenvalue weighted by Gasteiger charge is 2.16. The van der Waals surface area contributed by atoms with Crippen LogP contribution >= 0.6 is 11.6 Å². The normalized spacial score (nSPS) is 11.2. The highest BCUT2D eigenvalue weighted by molar-refractivity contribution is 7.91. The molecule has 0 bridgehead atoms. The molecule has 0 aromatic heterocycles. The lowest BCUT2D eigenvalue weighted by molar-refractivity contribution is -0.120. The third-order valence-electron chi connectivity index (χ3n) is 3.16. The van der Waals surface area contributed by atoms with Gasteiger partial charge in [-0.15, -0.1) is 0 Å². The molecule has 0 saturated carbocycles. The fourth-order valence-corrected chi connectivity index (χ4v) is 3.43. The molecule has 0 aliphatic carbocycles. The fourth-order valence-electron chi connectivity index (χ4n) is 1.90. The van der Waals surface area contributed by atoms with E-state index >= 15 is 0 Å². The lowest BCUT2D eigenvalue weighted by Gasteiger charge is -2.07. The zero-order chi connectivity index (χ0) is 16.9. The molecule has 0 unspecified atom stereocenters. The Bertz CT molecular complexity index is 791. The van der Waals surface area contributed by atoms with Gasteiger partial charge in [-0.25, -0.2) is 12.8 Å². The number of rotatable bonds is 6. The number of halogens is 2. The van der Waals surface area contributed by atoms with E-state index in [1.165, 1.54) is 24.3 Å². The van der Waals surface area contributed by atoms with E-state index in [0.29, 0.717) is 5.02 Å². The number of carbonyl (C=O) groups is 1. The highest BCUT2D eigenvalue weighted by Crippen LogP contribution is 2.17. The smallest absolute Gasteiger partial charge is 0.221 e. The summed E-state index contributed by atoms with van der Waals surface area (Å²) in [5.41, 5.74) is 0.734. The SMILES string of the molecule is O=C(CCS(=O)(=O)c1cccc(Cl)c1)NCc1ccc(F)cc1. The van der Waals surface area contributed by atoms with Crippen LogP contribution in [0.5, 0.6) is 0 Å². The zero-order valence-electron chi connectivity index (χ0n) is 12.1. The lowest BCUT2D eigenvalue weighted by Crippen LogP contribution is -2.25. The van der Waals surface area contributed by atoms with Crippen LogP contribution in [-0.4, -0.2) is 20.1 Å². The Labute approximate surface area is 139 Å². The van der Waals surface area contributed by atoms with Gasteiger partial charge in [-0.2, -0.15) is 0 Å². The Morgan fingerprint density at radius 1 is 1.13 bits per heavy atom. The number of sulfone groups is 1. The van der Waals surface area contributed by atoms with Gasteiger partial charge in [-0.05, 0) is 35.9 Å². The van der Waals surface area contributed by atoms with E-state index in [-0.39, 0.29) is 35.3 Å². The van der Waals surface area contributed by atoms with Crippen LogP contribution in [0.15, 0.2) is 53.4 Å². The average Bonchev–Trinajstić information content (AvgIpc) is 2.52. The van der Waals surface area contributed by atoms with Crippen molar-refractivity contribution < 1.29 is 17.6 Å². The minimum Gasteiger partial charge on any atom is -0.352 e. The van der Waals surface area contributed by atoms with Crippen molar-refractivity contribution in [3.8, 4) is 0 Å². The highest BCUT2D eigenvalue weighted by atomic mass is 35.5. The van der Waals surface area contributed by atoms with E-state index in [4.69, 9.17) is 11.6 Å². The van der Waals surface area contributed by atoms with Gasteiger partial charge in [-0.1, -0.05) is 29.8 Å². The summed E-state index contributed by atoms with van der Waals surface area (Å²) in [6, 6.07) is 11.6. The molecule has 0 radical (unpaired) electrons. The molecular weight excluding hydrogens is 341 g/mol. The van der Waals surface area contributed by atoms with Crippen molar-refractivity contribution in [3.63, 3.8) is 0 Å². The standard InChI is InChI=1S/C16H15ClFNO3S/c17-13-2-1-3-15(10-13)23(21,22)9-8-16(20)19-11-12-4-6-14(18)7-5-12/h1-7,10H,8-9,11H2,(H,19,20). The molecule has 0 saturated heterocycles. The molecule has 0 heterocycles. The van der Waals surface area contributed by atoms with Gasteiger partial charge in [-0.3, -0.25) is 4.79 Å². The van der Waals surface area contributed by atoms with Crippen LogP contribution in [0, 0.1) is 5.82 Å². The Hall–Kier alpha value is -1.92. The summed E-state index contributed by atoms with van der Waals surface area (Å²) in [5, 5.41) is 2.93. The van der Waals surface area contributed by atoms with Crippen LogP contribution in [0.25, 0.3) is 0 Å². The molecule has 0 fully saturated rings.